The second kappa shape index (κ2) is 50.5. The zero-order chi connectivity index (χ0) is 52.4. The van der Waals surface area contributed by atoms with Crippen molar-refractivity contribution >= 4 is 11.9 Å². The minimum atomic E-state index is -1.58. The van der Waals surface area contributed by atoms with E-state index in [1.165, 1.54) is 135 Å². The number of unbranched alkanes of at least 4 members (excludes halogenated alkanes) is 29. The number of carbonyl (C=O) groups is 2. The van der Waals surface area contributed by atoms with Crippen LogP contribution in [0.4, 0.5) is 0 Å². The zero-order valence-corrected chi connectivity index (χ0v) is 45.9. The van der Waals surface area contributed by atoms with Gasteiger partial charge in [0, 0.05) is 12.8 Å². The Morgan fingerprint density at radius 1 is 0.514 bits per heavy atom. The predicted octanol–water partition coefficient (Wildman–Crippen LogP) is 13.4. The number of esters is 1. The molecule has 0 bridgehead atoms. The lowest BCUT2D eigenvalue weighted by Crippen LogP contribution is -2.60. The lowest BCUT2D eigenvalue weighted by atomic mass is 9.99. The second-order valence-electron chi connectivity index (χ2n) is 20.4. The van der Waals surface area contributed by atoms with E-state index in [0.29, 0.717) is 19.4 Å². The van der Waals surface area contributed by atoms with Crippen LogP contribution < -0.4 is 5.32 Å². The highest BCUT2D eigenvalue weighted by Crippen LogP contribution is 2.23. The summed E-state index contributed by atoms with van der Waals surface area (Å²) < 4.78 is 16.7. The summed E-state index contributed by atoms with van der Waals surface area (Å²) in [6.07, 6.45) is 54.5. The first kappa shape index (κ1) is 67.4. The molecule has 0 saturated carbocycles. The summed E-state index contributed by atoms with van der Waals surface area (Å²) in [6.45, 7) is 4.23. The van der Waals surface area contributed by atoms with E-state index in [9.17, 15) is 35.1 Å². The first-order valence-corrected chi connectivity index (χ1v) is 29.6. The number of hydrogen-bond donors (Lipinski definition) is 6. The largest absolute Gasteiger partial charge is 0.466 e. The van der Waals surface area contributed by atoms with Crippen LogP contribution in [0.5, 0.6) is 0 Å². The van der Waals surface area contributed by atoms with Crippen LogP contribution in [0.3, 0.4) is 0 Å². The molecule has 6 N–H and O–H groups in total. The molecule has 1 amide bonds. The molecule has 418 valence electrons. The predicted molar refractivity (Wildman–Crippen MR) is 296 cm³/mol. The van der Waals surface area contributed by atoms with E-state index in [4.69, 9.17) is 14.2 Å². The molecular formula is C61H109NO10. The van der Waals surface area contributed by atoms with Crippen molar-refractivity contribution < 1.29 is 49.3 Å². The van der Waals surface area contributed by atoms with Crippen molar-refractivity contribution in [1.82, 2.24) is 5.32 Å². The number of allylic oxidation sites excluding steroid dienone is 9. The van der Waals surface area contributed by atoms with E-state index >= 15 is 0 Å². The van der Waals surface area contributed by atoms with Crippen molar-refractivity contribution in [2.24, 2.45) is 0 Å². The Hall–Kier alpha value is -2.64. The van der Waals surface area contributed by atoms with Crippen molar-refractivity contribution in [2.75, 3.05) is 19.8 Å². The molecule has 1 saturated heterocycles. The van der Waals surface area contributed by atoms with E-state index in [1.54, 1.807) is 6.08 Å². The first-order valence-electron chi connectivity index (χ1n) is 29.6. The SMILES string of the molecule is CCCCC/C=C\CCCCCCCC(=O)OCCCCC/C=C\C=C/CCCCCCCCCCCCC(=O)NC(COC1OC(CO)C(O)C(O)C1O)C(O)/C=C/CC/C=C/CCCCCCCCC. The summed E-state index contributed by atoms with van der Waals surface area (Å²) in [7, 11) is 0. The van der Waals surface area contributed by atoms with E-state index in [1.807, 2.05) is 6.08 Å². The van der Waals surface area contributed by atoms with Crippen molar-refractivity contribution in [1.29, 1.82) is 0 Å². The van der Waals surface area contributed by atoms with Gasteiger partial charge in [0.15, 0.2) is 6.29 Å². The Kier molecular flexibility index (Phi) is 47.3. The average Bonchev–Trinajstić information content (AvgIpc) is 3.38. The standard InChI is InChI=1S/C61H109NO10/c1-3-5-7-9-11-13-15-24-27-31-35-39-43-47-54(64)53(52-71-61-60(69)59(68)58(67)55(51-63)72-61)62-56(65)48-44-40-36-32-28-25-22-20-18-17-19-21-23-26-30-34-38-42-46-50-70-57(66)49-45-41-37-33-29-16-14-12-10-8-6-4-2/h12,14,21,23,26-27,30-31,43,47,53-55,58-61,63-64,67-69H,3-11,13,15-20,22,24-25,28-29,32-42,44-46,48-52H2,1-2H3,(H,62,65)/b14-12-,23-21-,30-26-,31-27+,47-43+. The molecule has 1 fully saturated rings. The van der Waals surface area contributed by atoms with Crippen LogP contribution >= 0.6 is 0 Å². The molecule has 72 heavy (non-hydrogen) atoms. The number of ether oxygens (including phenoxy) is 3. The molecule has 11 nitrogen and oxygen atoms in total. The third kappa shape index (κ3) is 39.8. The quantitative estimate of drug-likeness (QED) is 0.0149. The van der Waals surface area contributed by atoms with Gasteiger partial charge in [-0.15, -0.1) is 0 Å². The van der Waals surface area contributed by atoms with Crippen LogP contribution in [-0.2, 0) is 23.8 Å². The van der Waals surface area contributed by atoms with Crippen LogP contribution in [0.25, 0.3) is 0 Å². The van der Waals surface area contributed by atoms with E-state index in [2.05, 4.69) is 67.8 Å². The number of rotatable bonds is 50. The summed E-state index contributed by atoms with van der Waals surface area (Å²) in [4.78, 5) is 25.0. The fourth-order valence-corrected chi connectivity index (χ4v) is 8.85. The van der Waals surface area contributed by atoms with Crippen molar-refractivity contribution in [2.45, 2.75) is 294 Å². The highest BCUT2D eigenvalue weighted by Gasteiger charge is 2.44. The molecular weight excluding hydrogens is 907 g/mol. The van der Waals surface area contributed by atoms with Gasteiger partial charge >= 0.3 is 5.97 Å². The smallest absolute Gasteiger partial charge is 0.305 e. The number of carbonyl (C=O) groups excluding carboxylic acids is 2. The van der Waals surface area contributed by atoms with Crippen LogP contribution in [0, 0.1) is 0 Å². The van der Waals surface area contributed by atoms with Crippen molar-refractivity contribution in [3.63, 3.8) is 0 Å². The lowest BCUT2D eigenvalue weighted by Gasteiger charge is -2.40. The normalized spacial score (nSPS) is 19.5. The Morgan fingerprint density at radius 2 is 0.944 bits per heavy atom. The second-order valence-corrected chi connectivity index (χ2v) is 20.4. The molecule has 7 unspecified atom stereocenters. The van der Waals surface area contributed by atoms with Crippen LogP contribution in [0.2, 0.25) is 0 Å². The highest BCUT2D eigenvalue weighted by atomic mass is 16.7. The Balaban J connectivity index is 2.14. The molecule has 1 rings (SSSR count). The summed E-state index contributed by atoms with van der Waals surface area (Å²) in [5.74, 6) is -0.243. The molecule has 1 aliphatic heterocycles. The van der Waals surface area contributed by atoms with Gasteiger partial charge in [-0.05, 0) is 103 Å². The summed E-state index contributed by atoms with van der Waals surface area (Å²) in [6, 6.07) is -0.836. The number of aliphatic hydroxyl groups is 5. The van der Waals surface area contributed by atoms with Gasteiger partial charge in [-0.1, -0.05) is 197 Å². The third-order valence-corrected chi connectivity index (χ3v) is 13.6. The Labute approximate surface area is 439 Å². The van der Waals surface area contributed by atoms with Crippen LogP contribution in [0.15, 0.2) is 60.8 Å². The topological polar surface area (TPSA) is 175 Å². The average molecular weight is 1020 g/mol. The van der Waals surface area contributed by atoms with Crippen molar-refractivity contribution in [3.05, 3.63) is 60.8 Å². The molecule has 0 spiro atoms. The fraction of sp³-hybridized carbons (Fsp3) is 0.803. The molecule has 0 aromatic heterocycles. The number of hydrogen-bond acceptors (Lipinski definition) is 10. The molecule has 11 heteroatoms. The fourth-order valence-electron chi connectivity index (χ4n) is 8.85. The molecule has 0 aromatic carbocycles. The molecule has 0 aromatic rings. The first-order chi connectivity index (χ1) is 35.2. The maximum absolute atomic E-state index is 13.0. The van der Waals surface area contributed by atoms with E-state index in [-0.39, 0.29) is 18.5 Å². The summed E-state index contributed by atoms with van der Waals surface area (Å²) in [5, 5.41) is 54.3. The van der Waals surface area contributed by atoms with Gasteiger partial charge < -0.3 is 45.1 Å². The lowest BCUT2D eigenvalue weighted by molar-refractivity contribution is -0.302. The number of amides is 1. The van der Waals surface area contributed by atoms with E-state index < -0.39 is 49.5 Å². The van der Waals surface area contributed by atoms with Gasteiger partial charge in [0.05, 0.1) is 32.0 Å². The van der Waals surface area contributed by atoms with Crippen molar-refractivity contribution in [3.8, 4) is 0 Å². The summed E-state index contributed by atoms with van der Waals surface area (Å²) in [5.41, 5.74) is 0. The minimum absolute atomic E-state index is 0.0397. The molecule has 7 atom stereocenters. The van der Waals surface area contributed by atoms with E-state index in [0.717, 1.165) is 89.9 Å². The highest BCUT2D eigenvalue weighted by molar-refractivity contribution is 5.76. The van der Waals surface area contributed by atoms with Gasteiger partial charge in [-0.3, -0.25) is 9.59 Å². The zero-order valence-electron chi connectivity index (χ0n) is 45.9. The van der Waals surface area contributed by atoms with Gasteiger partial charge in [0.25, 0.3) is 0 Å². The maximum atomic E-state index is 13.0. The molecule has 1 aliphatic rings. The maximum Gasteiger partial charge on any atom is 0.305 e. The summed E-state index contributed by atoms with van der Waals surface area (Å²) >= 11 is 0. The molecule has 1 heterocycles. The Morgan fingerprint density at radius 3 is 1.49 bits per heavy atom. The minimum Gasteiger partial charge on any atom is -0.466 e. The number of nitrogens with one attached hydrogen (secondary N) is 1. The van der Waals surface area contributed by atoms with Crippen LogP contribution in [0.1, 0.15) is 251 Å². The van der Waals surface area contributed by atoms with Gasteiger partial charge in [0.1, 0.15) is 24.4 Å². The number of aliphatic hydroxyl groups excluding tert-OH is 5. The Bertz CT molecular complexity index is 1380. The van der Waals surface area contributed by atoms with Gasteiger partial charge in [0.2, 0.25) is 5.91 Å². The molecule has 0 aliphatic carbocycles. The van der Waals surface area contributed by atoms with Crippen LogP contribution in [-0.4, -0.2) is 100 Å². The van der Waals surface area contributed by atoms with Gasteiger partial charge in [-0.2, -0.15) is 0 Å². The van der Waals surface area contributed by atoms with Gasteiger partial charge in [-0.25, -0.2) is 0 Å². The third-order valence-electron chi connectivity index (χ3n) is 13.6. The monoisotopic (exact) mass is 1020 g/mol. The molecule has 0 radical (unpaired) electrons.